The lowest BCUT2D eigenvalue weighted by Crippen LogP contribution is -2.08. The molecule has 0 atom stereocenters. The van der Waals surface area contributed by atoms with E-state index in [1.54, 1.807) is 18.2 Å². The third kappa shape index (κ3) is 4.61. The maximum atomic E-state index is 14.1. The van der Waals surface area contributed by atoms with Crippen molar-refractivity contribution in [2.45, 2.75) is 0 Å². The first-order valence-electron chi connectivity index (χ1n) is 10.6. The number of benzene rings is 3. The monoisotopic (exact) mass is 492 g/mol. The molecular weight excluding hydrogens is 470 g/mol. The van der Waals surface area contributed by atoms with Gasteiger partial charge < -0.3 is 25.3 Å². The third-order valence-corrected chi connectivity index (χ3v) is 5.38. The molecule has 0 fully saturated rings. The van der Waals surface area contributed by atoms with Crippen molar-refractivity contribution in [3.63, 3.8) is 0 Å². The van der Waals surface area contributed by atoms with Gasteiger partial charge in [0.2, 0.25) is 5.75 Å². The smallest absolute Gasteiger partial charge is 0.205 e. The molecule has 0 aliphatic carbocycles. The quantitative estimate of drug-likeness (QED) is 0.261. The molecule has 36 heavy (non-hydrogen) atoms. The van der Waals surface area contributed by atoms with Crippen LogP contribution in [0.3, 0.4) is 0 Å². The van der Waals surface area contributed by atoms with Crippen LogP contribution in [0.2, 0.25) is 0 Å². The Labute approximate surface area is 205 Å². The number of nitrogens with zero attached hydrogens (tertiary/aromatic N) is 2. The summed E-state index contributed by atoms with van der Waals surface area (Å²) in [5.74, 6) is -1.01. The molecule has 184 valence electrons. The number of nitrogens with two attached hydrogens (primary N) is 1. The molecule has 0 aliphatic rings. The van der Waals surface area contributed by atoms with Crippen LogP contribution in [0.1, 0.15) is 15.9 Å². The average Bonchev–Trinajstić information content (AvgIpc) is 2.88. The first-order valence-corrected chi connectivity index (χ1v) is 10.6. The van der Waals surface area contributed by atoms with Gasteiger partial charge >= 0.3 is 0 Å². The third-order valence-electron chi connectivity index (χ3n) is 5.38. The van der Waals surface area contributed by atoms with Crippen molar-refractivity contribution >= 4 is 23.0 Å². The van der Waals surface area contributed by atoms with Crippen LogP contribution >= 0.6 is 0 Å². The minimum atomic E-state index is -0.946. The van der Waals surface area contributed by atoms with Crippen LogP contribution < -0.4 is 25.3 Å². The number of methoxy groups -OCH3 is 3. The molecule has 3 N–H and O–H groups in total. The molecule has 0 saturated carbocycles. The van der Waals surface area contributed by atoms with Crippen LogP contribution in [-0.2, 0) is 0 Å². The summed E-state index contributed by atoms with van der Waals surface area (Å²) in [6.45, 7) is 0. The fraction of sp³-hybridized carbons (Fsp3) is 0.115. The lowest BCUT2D eigenvalue weighted by atomic mass is 9.99. The summed E-state index contributed by atoms with van der Waals surface area (Å²) in [6, 6.07) is 11.0. The molecule has 4 rings (SSSR count). The zero-order valence-corrected chi connectivity index (χ0v) is 19.6. The fourth-order valence-electron chi connectivity index (χ4n) is 3.69. The van der Waals surface area contributed by atoms with E-state index < -0.39 is 23.0 Å². The van der Waals surface area contributed by atoms with E-state index in [2.05, 4.69) is 15.3 Å². The topological polar surface area (TPSA) is 109 Å². The summed E-state index contributed by atoms with van der Waals surface area (Å²) in [5, 5.41) is 3.13. The van der Waals surface area contributed by atoms with Gasteiger partial charge in [0.05, 0.1) is 50.7 Å². The molecule has 0 amide bonds. The summed E-state index contributed by atoms with van der Waals surface area (Å²) in [7, 11) is 4.53. The van der Waals surface area contributed by atoms with Gasteiger partial charge in [0, 0.05) is 16.8 Å². The molecule has 0 unspecified atom stereocenters. The Balaban J connectivity index is 1.65. The predicted octanol–water partition coefficient (Wildman–Crippen LogP) is 5.00. The first kappa shape index (κ1) is 24.4. The largest absolute Gasteiger partial charge is 0.493 e. The van der Waals surface area contributed by atoms with Crippen LogP contribution in [0.25, 0.3) is 11.3 Å². The number of nitrogens with one attached hydrogen (secondary N) is 1. The van der Waals surface area contributed by atoms with Crippen LogP contribution in [-0.4, -0.2) is 37.1 Å². The van der Waals surface area contributed by atoms with E-state index >= 15 is 0 Å². The maximum absolute atomic E-state index is 14.1. The highest BCUT2D eigenvalue weighted by Crippen LogP contribution is 2.43. The van der Waals surface area contributed by atoms with E-state index in [9.17, 15) is 13.6 Å². The van der Waals surface area contributed by atoms with E-state index in [1.165, 1.54) is 51.9 Å². The Morgan fingerprint density at radius 1 is 0.917 bits per heavy atom. The molecule has 3 aromatic carbocycles. The summed E-state index contributed by atoms with van der Waals surface area (Å²) in [5.41, 5.74) is 7.22. The molecule has 0 saturated heterocycles. The van der Waals surface area contributed by atoms with Gasteiger partial charge in [-0.05, 0) is 36.4 Å². The lowest BCUT2D eigenvalue weighted by Gasteiger charge is -2.16. The Morgan fingerprint density at radius 3 is 2.28 bits per heavy atom. The number of carbonyl (C=O) groups is 1. The van der Waals surface area contributed by atoms with E-state index in [4.69, 9.17) is 19.9 Å². The second kappa shape index (κ2) is 10.3. The number of carbonyl (C=O) groups excluding carboxylic acids is 1. The Bertz CT molecular complexity index is 1430. The van der Waals surface area contributed by atoms with Gasteiger partial charge in [-0.25, -0.2) is 13.8 Å². The van der Waals surface area contributed by atoms with Gasteiger partial charge in [0.1, 0.15) is 17.5 Å². The molecule has 10 heteroatoms. The van der Waals surface area contributed by atoms with Crippen molar-refractivity contribution in [3.05, 3.63) is 83.7 Å². The molecule has 0 bridgehead atoms. The number of halogens is 2. The molecular formula is C26H22F2N4O4. The van der Waals surface area contributed by atoms with Gasteiger partial charge in [-0.2, -0.15) is 0 Å². The van der Waals surface area contributed by atoms with Crippen LogP contribution in [0.4, 0.5) is 26.0 Å². The number of hydrogen-bond acceptors (Lipinski definition) is 8. The number of hydrogen-bond donors (Lipinski definition) is 2. The molecule has 0 aliphatic heterocycles. The summed E-state index contributed by atoms with van der Waals surface area (Å²) >= 11 is 0. The van der Waals surface area contributed by atoms with E-state index in [0.29, 0.717) is 40.0 Å². The zero-order chi connectivity index (χ0) is 25.8. The first-order chi connectivity index (χ1) is 17.4. The minimum Gasteiger partial charge on any atom is -0.493 e. The Morgan fingerprint density at radius 2 is 1.64 bits per heavy atom. The number of anilines is 3. The highest BCUT2D eigenvalue weighted by Gasteiger charge is 2.20. The minimum absolute atomic E-state index is 0.0394. The normalized spacial score (nSPS) is 10.6. The van der Waals surface area contributed by atoms with Gasteiger partial charge in [0.15, 0.2) is 17.3 Å². The standard InChI is InChI=1S/C26H22F2N4O4/c1-34-21-10-9-19(25(35-2)26(21)36-3)31-22-13-30-12-20(32-22)15-8-7-14(11-18(15)29)24(33)23-16(27)5-4-6-17(23)28/h4-13H,29H2,1-3H3,(H,31,32). The van der Waals surface area contributed by atoms with Gasteiger partial charge in [-0.15, -0.1) is 0 Å². The second-order valence-corrected chi connectivity index (χ2v) is 7.52. The highest BCUT2D eigenvalue weighted by atomic mass is 19.1. The summed E-state index contributed by atoms with van der Waals surface area (Å²) < 4.78 is 44.3. The zero-order valence-electron chi connectivity index (χ0n) is 19.6. The van der Waals surface area contributed by atoms with Crippen molar-refractivity contribution in [1.29, 1.82) is 0 Å². The van der Waals surface area contributed by atoms with E-state index in [-0.39, 0.29) is 11.3 Å². The van der Waals surface area contributed by atoms with Gasteiger partial charge in [-0.1, -0.05) is 12.1 Å². The molecule has 0 spiro atoms. The second-order valence-electron chi connectivity index (χ2n) is 7.52. The van der Waals surface area contributed by atoms with Crippen LogP contribution in [0, 0.1) is 11.6 Å². The number of ketones is 1. The number of ether oxygens (including phenoxy) is 3. The summed E-state index contributed by atoms with van der Waals surface area (Å²) in [4.78, 5) is 21.5. The van der Waals surface area contributed by atoms with Gasteiger partial charge in [-0.3, -0.25) is 9.78 Å². The van der Waals surface area contributed by atoms with Gasteiger partial charge in [0.25, 0.3) is 0 Å². The van der Waals surface area contributed by atoms with Crippen LogP contribution in [0.5, 0.6) is 17.2 Å². The molecule has 1 aromatic heterocycles. The molecule has 8 nitrogen and oxygen atoms in total. The van der Waals surface area contributed by atoms with Crippen molar-refractivity contribution in [3.8, 4) is 28.5 Å². The predicted molar refractivity (Wildman–Crippen MR) is 131 cm³/mol. The van der Waals surface area contributed by atoms with Crippen molar-refractivity contribution in [1.82, 2.24) is 9.97 Å². The highest BCUT2D eigenvalue weighted by molar-refractivity contribution is 6.10. The maximum Gasteiger partial charge on any atom is 0.205 e. The van der Waals surface area contributed by atoms with E-state index in [0.717, 1.165) is 12.1 Å². The lowest BCUT2D eigenvalue weighted by molar-refractivity contribution is 0.103. The Hall–Kier alpha value is -4.73. The van der Waals surface area contributed by atoms with Crippen molar-refractivity contribution in [2.75, 3.05) is 32.4 Å². The summed E-state index contributed by atoms with van der Waals surface area (Å²) in [6.07, 6.45) is 3.01. The molecule has 1 heterocycles. The molecule has 0 radical (unpaired) electrons. The SMILES string of the molecule is COc1ccc(Nc2cncc(-c3ccc(C(=O)c4c(F)cccc4F)cc3N)n2)c(OC)c1OC. The molecule has 4 aromatic rings. The number of aromatic nitrogens is 2. The average molecular weight is 492 g/mol. The van der Waals surface area contributed by atoms with Crippen molar-refractivity contribution in [2.24, 2.45) is 0 Å². The number of nitrogen functional groups attached to an aromatic ring is 1. The van der Waals surface area contributed by atoms with E-state index in [1.807, 2.05) is 0 Å². The Kier molecular flexibility index (Phi) is 6.95. The fourth-order valence-corrected chi connectivity index (χ4v) is 3.69. The number of rotatable bonds is 8. The van der Waals surface area contributed by atoms with Crippen LogP contribution in [0.15, 0.2) is 60.9 Å². The van der Waals surface area contributed by atoms with Crippen molar-refractivity contribution < 1.29 is 27.8 Å².